The van der Waals surface area contributed by atoms with E-state index in [-0.39, 0.29) is 11.7 Å². The van der Waals surface area contributed by atoms with E-state index < -0.39 is 0 Å². The van der Waals surface area contributed by atoms with Crippen molar-refractivity contribution in [1.29, 1.82) is 5.26 Å². The van der Waals surface area contributed by atoms with E-state index in [1.807, 2.05) is 30.3 Å². The minimum absolute atomic E-state index is 0.133. The van der Waals surface area contributed by atoms with Gasteiger partial charge in [0.1, 0.15) is 5.78 Å². The molecule has 0 aliphatic carbocycles. The van der Waals surface area contributed by atoms with E-state index in [9.17, 15) is 10.1 Å². The summed E-state index contributed by atoms with van der Waals surface area (Å²) in [5.74, 6) is 0.408. The molecular weight excluding hydrogens is 260 g/mol. The van der Waals surface area contributed by atoms with Crippen molar-refractivity contribution in [3.05, 3.63) is 42.0 Å². The number of nitriles is 1. The summed E-state index contributed by atoms with van der Waals surface area (Å²) in [7, 11) is 0. The van der Waals surface area contributed by atoms with E-state index in [4.69, 9.17) is 0 Å². The molecule has 3 rings (SSSR count). The first-order valence-electron chi connectivity index (χ1n) is 7.38. The molecule has 1 unspecified atom stereocenters. The van der Waals surface area contributed by atoms with Crippen molar-refractivity contribution >= 4 is 22.2 Å². The number of carbonyl (C=O) groups is 1. The highest BCUT2D eigenvalue weighted by Crippen LogP contribution is 2.32. The predicted molar refractivity (Wildman–Crippen MR) is 84.3 cm³/mol. The Morgan fingerprint density at radius 1 is 1.24 bits per heavy atom. The summed E-state index contributed by atoms with van der Waals surface area (Å²) in [6.07, 6.45) is 2.03. The van der Waals surface area contributed by atoms with Crippen LogP contribution in [0.4, 0.5) is 5.69 Å². The molecule has 106 valence electrons. The van der Waals surface area contributed by atoms with E-state index >= 15 is 0 Å². The maximum atomic E-state index is 11.7. The van der Waals surface area contributed by atoms with Gasteiger partial charge in [-0.05, 0) is 31.9 Å². The van der Waals surface area contributed by atoms with Gasteiger partial charge in [-0.3, -0.25) is 4.79 Å². The van der Waals surface area contributed by atoms with E-state index in [0.717, 1.165) is 42.4 Å². The zero-order valence-electron chi connectivity index (χ0n) is 12.2. The molecule has 2 aromatic rings. The first kappa shape index (κ1) is 13.6. The van der Waals surface area contributed by atoms with Crippen molar-refractivity contribution in [2.75, 3.05) is 18.0 Å². The van der Waals surface area contributed by atoms with Crippen LogP contribution in [0.15, 0.2) is 36.4 Å². The van der Waals surface area contributed by atoms with Gasteiger partial charge >= 0.3 is 0 Å². The maximum absolute atomic E-state index is 11.7. The molecule has 0 bridgehead atoms. The third-order valence-corrected chi connectivity index (χ3v) is 4.36. The van der Waals surface area contributed by atoms with Crippen LogP contribution in [-0.2, 0) is 4.79 Å². The number of ketones is 1. The average molecular weight is 278 g/mol. The second-order valence-corrected chi connectivity index (χ2v) is 5.69. The Bertz CT molecular complexity index is 730. The lowest BCUT2D eigenvalue weighted by atomic mass is 9.93. The monoisotopic (exact) mass is 278 g/mol. The van der Waals surface area contributed by atoms with Crippen molar-refractivity contribution in [2.45, 2.75) is 19.8 Å². The van der Waals surface area contributed by atoms with Gasteiger partial charge in [-0.1, -0.05) is 24.3 Å². The highest BCUT2D eigenvalue weighted by molar-refractivity contribution is 5.98. The zero-order valence-corrected chi connectivity index (χ0v) is 12.2. The van der Waals surface area contributed by atoms with Gasteiger partial charge in [-0.2, -0.15) is 5.26 Å². The number of piperidine rings is 1. The molecule has 3 nitrogen and oxygen atoms in total. The van der Waals surface area contributed by atoms with Gasteiger partial charge in [0.05, 0.1) is 11.6 Å². The summed E-state index contributed by atoms with van der Waals surface area (Å²) in [6, 6.07) is 14.2. The normalized spacial score (nSPS) is 18.5. The number of Topliss-reactive ketones (excluding diaryl/α,β-unsaturated/α-hetero) is 1. The van der Waals surface area contributed by atoms with Crippen molar-refractivity contribution < 1.29 is 4.79 Å². The Morgan fingerprint density at radius 2 is 2.00 bits per heavy atom. The number of fused-ring (bicyclic) bond motifs is 1. The van der Waals surface area contributed by atoms with Crippen LogP contribution in [0.1, 0.15) is 25.3 Å². The SMILES string of the molecule is CC(=O)C1CCCN(c2ccc(C#N)c3ccccc23)C1. The van der Waals surface area contributed by atoms with Crippen LogP contribution in [0.3, 0.4) is 0 Å². The minimum atomic E-state index is 0.133. The smallest absolute Gasteiger partial charge is 0.134 e. The lowest BCUT2D eigenvalue weighted by Gasteiger charge is -2.34. The summed E-state index contributed by atoms with van der Waals surface area (Å²) >= 11 is 0. The fourth-order valence-corrected chi connectivity index (χ4v) is 3.18. The second-order valence-electron chi connectivity index (χ2n) is 5.69. The van der Waals surface area contributed by atoms with Crippen LogP contribution in [-0.4, -0.2) is 18.9 Å². The molecule has 1 atom stereocenters. The van der Waals surface area contributed by atoms with Crippen LogP contribution in [0.25, 0.3) is 10.8 Å². The van der Waals surface area contributed by atoms with Gasteiger partial charge in [-0.15, -0.1) is 0 Å². The largest absolute Gasteiger partial charge is 0.370 e. The fourth-order valence-electron chi connectivity index (χ4n) is 3.18. The molecule has 21 heavy (non-hydrogen) atoms. The molecule has 0 spiro atoms. The second kappa shape index (κ2) is 5.57. The molecule has 1 aliphatic rings. The van der Waals surface area contributed by atoms with Crippen LogP contribution in [0, 0.1) is 17.2 Å². The number of carbonyl (C=O) groups excluding carboxylic acids is 1. The molecule has 1 heterocycles. The Balaban J connectivity index is 2.05. The lowest BCUT2D eigenvalue weighted by Crippen LogP contribution is -2.38. The van der Waals surface area contributed by atoms with Crippen LogP contribution in [0.2, 0.25) is 0 Å². The summed E-state index contributed by atoms with van der Waals surface area (Å²) in [5.41, 5.74) is 1.84. The molecular formula is C18H18N2O. The first-order chi connectivity index (χ1) is 10.2. The molecule has 3 heteroatoms. The molecule has 1 aliphatic heterocycles. The Morgan fingerprint density at radius 3 is 2.71 bits per heavy atom. The molecule has 0 saturated carbocycles. The number of nitrogens with zero attached hydrogens (tertiary/aromatic N) is 2. The summed E-state index contributed by atoms with van der Waals surface area (Å²) in [5, 5.41) is 11.3. The van der Waals surface area contributed by atoms with Crippen LogP contribution >= 0.6 is 0 Å². The fraction of sp³-hybridized carbons (Fsp3) is 0.333. The van der Waals surface area contributed by atoms with Gasteiger partial charge in [0.2, 0.25) is 0 Å². The van der Waals surface area contributed by atoms with Crippen LogP contribution < -0.4 is 4.90 Å². The molecule has 0 N–H and O–H groups in total. The van der Waals surface area contributed by atoms with Crippen molar-refractivity contribution in [3.8, 4) is 6.07 Å². The molecule has 0 aromatic heterocycles. The topological polar surface area (TPSA) is 44.1 Å². The van der Waals surface area contributed by atoms with E-state index in [2.05, 4.69) is 17.0 Å². The zero-order chi connectivity index (χ0) is 14.8. The minimum Gasteiger partial charge on any atom is -0.370 e. The molecule has 0 amide bonds. The summed E-state index contributed by atoms with van der Waals surface area (Å²) in [4.78, 5) is 14.0. The number of hydrogen-bond acceptors (Lipinski definition) is 3. The maximum Gasteiger partial charge on any atom is 0.134 e. The highest BCUT2D eigenvalue weighted by Gasteiger charge is 2.24. The summed E-state index contributed by atoms with van der Waals surface area (Å²) < 4.78 is 0. The van der Waals surface area contributed by atoms with Crippen molar-refractivity contribution in [3.63, 3.8) is 0 Å². The van der Waals surface area contributed by atoms with Crippen LogP contribution in [0.5, 0.6) is 0 Å². The number of benzene rings is 2. The van der Waals surface area contributed by atoms with Crippen molar-refractivity contribution in [1.82, 2.24) is 0 Å². The van der Waals surface area contributed by atoms with Gasteiger partial charge in [0.15, 0.2) is 0 Å². The van der Waals surface area contributed by atoms with E-state index in [0.29, 0.717) is 5.56 Å². The van der Waals surface area contributed by atoms with E-state index in [1.54, 1.807) is 6.92 Å². The molecule has 1 saturated heterocycles. The molecule has 2 aromatic carbocycles. The predicted octanol–water partition coefficient (Wildman–Crippen LogP) is 3.52. The molecule has 0 radical (unpaired) electrons. The number of hydrogen-bond donors (Lipinski definition) is 0. The van der Waals surface area contributed by atoms with Gasteiger partial charge in [-0.25, -0.2) is 0 Å². The number of rotatable bonds is 2. The quantitative estimate of drug-likeness (QED) is 0.844. The lowest BCUT2D eigenvalue weighted by molar-refractivity contribution is -0.120. The third-order valence-electron chi connectivity index (χ3n) is 4.36. The van der Waals surface area contributed by atoms with Gasteiger partial charge in [0.25, 0.3) is 0 Å². The summed E-state index contributed by atoms with van der Waals surface area (Å²) in [6.45, 7) is 3.44. The molecule has 1 fully saturated rings. The van der Waals surface area contributed by atoms with Crippen molar-refractivity contribution in [2.24, 2.45) is 5.92 Å². The number of anilines is 1. The van der Waals surface area contributed by atoms with Gasteiger partial charge < -0.3 is 4.90 Å². The Kier molecular flexibility index (Phi) is 3.62. The first-order valence-corrected chi connectivity index (χ1v) is 7.38. The standard InChI is InChI=1S/C18H18N2O/c1-13(21)15-5-4-10-20(12-15)18-9-8-14(11-19)16-6-2-3-7-17(16)18/h2-3,6-9,15H,4-5,10,12H2,1H3. The Labute approximate surface area is 124 Å². The Hall–Kier alpha value is -2.34. The highest BCUT2D eigenvalue weighted by atomic mass is 16.1. The van der Waals surface area contributed by atoms with E-state index in [1.165, 1.54) is 0 Å². The average Bonchev–Trinajstić information content (AvgIpc) is 2.54. The third kappa shape index (κ3) is 2.50. The van der Waals surface area contributed by atoms with Gasteiger partial charge in [0, 0.05) is 35.5 Å².